The molecule has 2 aliphatic heterocycles. The number of alkyl halides is 2. The van der Waals surface area contributed by atoms with E-state index in [0.717, 1.165) is 11.1 Å². The number of ether oxygens (including phenoxy) is 3. The Bertz CT molecular complexity index is 1780. The molecule has 6 rings (SSSR count). The number of halogens is 2. The lowest BCUT2D eigenvalue weighted by Gasteiger charge is -2.28. The van der Waals surface area contributed by atoms with Gasteiger partial charge in [-0.2, -0.15) is 24.5 Å². The number of aromatic nitrogens is 2. The number of benzene rings is 3. The summed E-state index contributed by atoms with van der Waals surface area (Å²) in [4.78, 5) is 25.1. The van der Waals surface area contributed by atoms with Crippen molar-refractivity contribution in [2.75, 3.05) is 18.3 Å². The molecule has 46 heavy (non-hydrogen) atoms. The van der Waals surface area contributed by atoms with E-state index in [0.29, 0.717) is 53.7 Å². The smallest absolute Gasteiger partial charge is 0.321 e. The summed E-state index contributed by atoms with van der Waals surface area (Å²) < 4.78 is 66.3. The minimum atomic E-state index is -3.57. The Morgan fingerprint density at radius 2 is 1.98 bits per heavy atom. The molecule has 0 spiro atoms. The van der Waals surface area contributed by atoms with Crippen LogP contribution < -0.4 is 20.1 Å². The SMILES string of the molecule is CC(NC(=O)C(C)(F)F)C(Oc1ccc2c(cnn2-c2cccc(C(=O)NC3CCS(O)(O)C3)c2)c1)c1ccc2c(c1)OCOC2. The van der Waals surface area contributed by atoms with E-state index in [1.165, 1.54) is 0 Å². The molecule has 244 valence electrons. The van der Waals surface area contributed by atoms with Crippen molar-refractivity contribution in [3.05, 3.63) is 83.6 Å². The van der Waals surface area contributed by atoms with Crippen LogP contribution >= 0.6 is 10.6 Å². The molecule has 3 heterocycles. The quantitative estimate of drug-likeness (QED) is 0.187. The molecular weight excluding hydrogens is 622 g/mol. The zero-order valence-electron chi connectivity index (χ0n) is 25.1. The first-order valence-corrected chi connectivity index (χ1v) is 16.6. The Labute approximate surface area is 265 Å². The molecule has 1 saturated heterocycles. The fourth-order valence-corrected chi connectivity index (χ4v) is 7.27. The first kappa shape index (κ1) is 31.7. The lowest BCUT2D eigenvalue weighted by molar-refractivity contribution is -0.144. The standard InChI is InChI=1S/C32H34F2N4O7S/c1-19(36-31(40)32(2,33)34)29(20-6-7-22-16-43-18-44-28(22)14-20)45-26-8-9-27-23(13-26)15-35-38(27)25-5-3-4-21(12-25)30(39)37-24-10-11-46(41,42)17-24/h3-9,12-15,19,24,29,41-42H,10-11,16-18H2,1-2H3,(H,36,40)(H,37,39). The molecule has 14 heteroatoms. The topological polar surface area (TPSA) is 144 Å². The van der Waals surface area contributed by atoms with Crippen LogP contribution in [0.1, 0.15) is 47.9 Å². The molecular formula is C32H34F2N4O7S. The van der Waals surface area contributed by atoms with Crippen LogP contribution in [0.25, 0.3) is 16.6 Å². The van der Waals surface area contributed by atoms with E-state index in [1.807, 2.05) is 12.1 Å². The summed E-state index contributed by atoms with van der Waals surface area (Å²) in [5.41, 5.74) is 3.21. The zero-order valence-corrected chi connectivity index (χ0v) is 25.9. The molecule has 4 aromatic rings. The number of fused-ring (bicyclic) bond motifs is 2. The normalized spacial score (nSPS) is 19.4. The number of carbonyl (C=O) groups excluding carboxylic acids is 2. The third-order valence-electron chi connectivity index (χ3n) is 7.94. The predicted molar refractivity (Wildman–Crippen MR) is 168 cm³/mol. The molecule has 0 radical (unpaired) electrons. The van der Waals surface area contributed by atoms with E-state index in [4.69, 9.17) is 14.2 Å². The number of hydrogen-bond acceptors (Lipinski definition) is 8. The lowest BCUT2D eigenvalue weighted by Crippen LogP contribution is -2.46. The van der Waals surface area contributed by atoms with Crippen LogP contribution in [-0.2, 0) is 16.1 Å². The first-order valence-electron chi connectivity index (χ1n) is 14.7. The Balaban J connectivity index is 1.24. The second-order valence-electron chi connectivity index (χ2n) is 11.6. The highest BCUT2D eigenvalue weighted by atomic mass is 32.3. The van der Waals surface area contributed by atoms with Gasteiger partial charge in [-0.1, -0.05) is 18.2 Å². The summed E-state index contributed by atoms with van der Waals surface area (Å²) in [5.74, 6) is -3.86. The second-order valence-corrected chi connectivity index (χ2v) is 14.0. The first-order chi connectivity index (χ1) is 21.9. The summed E-state index contributed by atoms with van der Waals surface area (Å²) in [6.45, 7) is 2.59. The minimum Gasteiger partial charge on any atom is -0.484 e. The molecule has 3 unspecified atom stereocenters. The maximum absolute atomic E-state index is 13.8. The average Bonchev–Trinajstić information content (AvgIpc) is 3.60. The molecule has 0 aliphatic carbocycles. The monoisotopic (exact) mass is 656 g/mol. The largest absolute Gasteiger partial charge is 0.484 e. The second kappa shape index (κ2) is 12.5. The molecule has 4 N–H and O–H groups in total. The van der Waals surface area contributed by atoms with E-state index >= 15 is 0 Å². The molecule has 2 amide bonds. The molecule has 11 nitrogen and oxygen atoms in total. The molecule has 3 aromatic carbocycles. The van der Waals surface area contributed by atoms with E-state index in [9.17, 15) is 27.5 Å². The van der Waals surface area contributed by atoms with Crippen LogP contribution in [0.5, 0.6) is 11.5 Å². The van der Waals surface area contributed by atoms with E-state index in [-0.39, 0.29) is 30.2 Å². The molecule has 0 saturated carbocycles. The highest BCUT2D eigenvalue weighted by molar-refractivity contribution is 8.24. The minimum absolute atomic E-state index is 0.0833. The molecule has 2 aliphatic rings. The van der Waals surface area contributed by atoms with E-state index < -0.39 is 34.6 Å². The van der Waals surface area contributed by atoms with Crippen molar-refractivity contribution in [1.29, 1.82) is 0 Å². The van der Waals surface area contributed by atoms with Crippen LogP contribution in [0.15, 0.2) is 66.9 Å². The number of rotatable bonds is 9. The Morgan fingerprint density at radius 1 is 1.15 bits per heavy atom. The third kappa shape index (κ3) is 6.94. The van der Waals surface area contributed by atoms with E-state index in [2.05, 4.69) is 15.7 Å². The van der Waals surface area contributed by atoms with Gasteiger partial charge < -0.3 is 24.8 Å². The number of nitrogens with one attached hydrogen (secondary N) is 2. The summed E-state index contributed by atoms with van der Waals surface area (Å²) in [7, 11) is -2.64. The van der Waals surface area contributed by atoms with Gasteiger partial charge in [0.2, 0.25) is 0 Å². The zero-order chi connectivity index (χ0) is 32.6. The van der Waals surface area contributed by atoms with Gasteiger partial charge in [0, 0.05) is 35.2 Å². The van der Waals surface area contributed by atoms with Gasteiger partial charge in [-0.15, -0.1) is 0 Å². The number of carbonyl (C=O) groups is 2. The van der Waals surface area contributed by atoms with Crippen molar-refractivity contribution in [2.45, 2.75) is 51.0 Å². The Morgan fingerprint density at radius 3 is 2.74 bits per heavy atom. The maximum atomic E-state index is 13.8. The predicted octanol–water partition coefficient (Wildman–Crippen LogP) is 5.42. The van der Waals surface area contributed by atoms with Crippen molar-refractivity contribution >= 4 is 33.3 Å². The van der Waals surface area contributed by atoms with Crippen LogP contribution in [0.3, 0.4) is 0 Å². The molecule has 1 fully saturated rings. The van der Waals surface area contributed by atoms with Gasteiger partial charge in [-0.25, -0.2) is 4.68 Å². The van der Waals surface area contributed by atoms with Gasteiger partial charge in [-0.3, -0.25) is 18.7 Å². The fraction of sp³-hybridized carbons (Fsp3) is 0.344. The van der Waals surface area contributed by atoms with Crippen molar-refractivity contribution < 1.29 is 41.7 Å². The van der Waals surface area contributed by atoms with Crippen LogP contribution in [0.4, 0.5) is 8.78 Å². The summed E-state index contributed by atoms with van der Waals surface area (Å²) in [6.07, 6.45) is 1.30. The van der Waals surface area contributed by atoms with Gasteiger partial charge in [0.25, 0.3) is 11.8 Å². The van der Waals surface area contributed by atoms with Crippen molar-refractivity contribution in [2.24, 2.45) is 0 Å². The summed E-state index contributed by atoms with van der Waals surface area (Å²) in [5, 5.41) is 10.5. The van der Waals surface area contributed by atoms with Crippen LogP contribution in [0, 0.1) is 0 Å². The number of nitrogens with zero attached hydrogens (tertiary/aromatic N) is 2. The summed E-state index contributed by atoms with van der Waals surface area (Å²) >= 11 is 0. The fourth-order valence-electron chi connectivity index (χ4n) is 5.54. The number of amides is 2. The lowest BCUT2D eigenvalue weighted by atomic mass is 10.00. The van der Waals surface area contributed by atoms with E-state index in [1.54, 1.807) is 66.3 Å². The van der Waals surface area contributed by atoms with Crippen molar-refractivity contribution in [3.8, 4) is 17.2 Å². The Hall–Kier alpha value is -4.24. The Kier molecular flexibility index (Phi) is 8.63. The summed E-state index contributed by atoms with van der Waals surface area (Å²) in [6, 6.07) is 16.4. The van der Waals surface area contributed by atoms with Gasteiger partial charge >= 0.3 is 5.92 Å². The highest BCUT2D eigenvalue weighted by Gasteiger charge is 2.35. The van der Waals surface area contributed by atoms with Crippen molar-refractivity contribution in [1.82, 2.24) is 20.4 Å². The van der Waals surface area contributed by atoms with Gasteiger partial charge in [0.15, 0.2) is 6.79 Å². The maximum Gasteiger partial charge on any atom is 0.321 e. The average molecular weight is 657 g/mol. The molecule has 0 bridgehead atoms. The van der Waals surface area contributed by atoms with Gasteiger partial charge in [0.05, 0.1) is 35.8 Å². The number of hydrogen-bond donors (Lipinski definition) is 4. The third-order valence-corrected chi connectivity index (χ3v) is 9.76. The van der Waals surface area contributed by atoms with Crippen molar-refractivity contribution in [3.63, 3.8) is 0 Å². The van der Waals surface area contributed by atoms with Crippen LogP contribution in [0.2, 0.25) is 0 Å². The molecule has 3 atom stereocenters. The van der Waals surface area contributed by atoms with Gasteiger partial charge in [0.1, 0.15) is 17.6 Å². The van der Waals surface area contributed by atoms with Crippen LogP contribution in [-0.4, -0.2) is 67.0 Å². The molecule has 1 aromatic heterocycles. The van der Waals surface area contributed by atoms with Gasteiger partial charge in [-0.05, 0) is 61.4 Å². The highest BCUT2D eigenvalue weighted by Crippen LogP contribution is 2.45.